The lowest BCUT2D eigenvalue weighted by molar-refractivity contribution is 0.0940. The number of para-hydroxylation sites is 1. The van der Waals surface area contributed by atoms with Crippen LogP contribution in [0.5, 0.6) is 0 Å². The molecule has 0 aromatic heterocycles. The molecule has 0 bridgehead atoms. The second-order valence-corrected chi connectivity index (χ2v) is 9.23. The third-order valence-corrected chi connectivity index (χ3v) is 5.46. The minimum absolute atomic E-state index is 0.0713. The van der Waals surface area contributed by atoms with E-state index in [0.29, 0.717) is 5.56 Å². The van der Waals surface area contributed by atoms with E-state index in [1.807, 2.05) is 82.3 Å². The Kier molecular flexibility index (Phi) is 7.21. The summed E-state index contributed by atoms with van der Waals surface area (Å²) >= 11 is 0. The molecule has 1 aliphatic rings. The second-order valence-electron chi connectivity index (χ2n) is 9.23. The zero-order valence-corrected chi connectivity index (χ0v) is 18.9. The van der Waals surface area contributed by atoms with Crippen molar-refractivity contribution < 1.29 is 9.59 Å². The standard InChI is InChI=1S/C25H34N4O2/c1-18(19-10-6-5-7-11-19)26-23(30)21-12-8-9-13-22(21)29-16-14-20(15-17-29)27-24(31)28-25(2,3)4/h5-13,18,20H,14-17H2,1-4H3,(H,26,30)(H2,27,28,31)/t18-/m0/s1. The molecule has 0 saturated carbocycles. The molecule has 0 spiro atoms. The summed E-state index contributed by atoms with van der Waals surface area (Å²) in [4.78, 5) is 27.4. The van der Waals surface area contributed by atoms with Crippen molar-refractivity contribution in [3.05, 3.63) is 65.7 Å². The summed E-state index contributed by atoms with van der Waals surface area (Å²) in [5.74, 6) is -0.0724. The van der Waals surface area contributed by atoms with Gasteiger partial charge < -0.3 is 20.9 Å². The summed E-state index contributed by atoms with van der Waals surface area (Å²) in [6.45, 7) is 9.48. The van der Waals surface area contributed by atoms with Gasteiger partial charge in [-0.05, 0) is 58.2 Å². The molecule has 3 rings (SSSR count). The monoisotopic (exact) mass is 422 g/mol. The number of urea groups is 1. The topological polar surface area (TPSA) is 73.5 Å². The van der Waals surface area contributed by atoms with Crippen LogP contribution in [0.25, 0.3) is 0 Å². The van der Waals surface area contributed by atoms with Gasteiger partial charge in [-0.1, -0.05) is 42.5 Å². The Bertz CT molecular complexity index is 884. The maximum absolute atomic E-state index is 13.0. The molecule has 6 nitrogen and oxygen atoms in total. The Morgan fingerprint density at radius 2 is 1.58 bits per heavy atom. The molecular weight excluding hydrogens is 388 g/mol. The van der Waals surface area contributed by atoms with Crippen molar-refractivity contribution in [3.8, 4) is 0 Å². The average Bonchev–Trinajstić information content (AvgIpc) is 2.73. The summed E-state index contributed by atoms with van der Waals surface area (Å²) in [5, 5.41) is 9.14. The highest BCUT2D eigenvalue weighted by atomic mass is 16.2. The summed E-state index contributed by atoms with van der Waals surface area (Å²) in [5.41, 5.74) is 2.45. The minimum atomic E-state index is -0.256. The highest BCUT2D eigenvalue weighted by Crippen LogP contribution is 2.25. The summed E-state index contributed by atoms with van der Waals surface area (Å²) in [6.07, 6.45) is 1.68. The molecule has 1 saturated heterocycles. The van der Waals surface area contributed by atoms with E-state index in [-0.39, 0.29) is 29.6 Å². The third kappa shape index (κ3) is 6.48. The van der Waals surface area contributed by atoms with E-state index in [0.717, 1.165) is 37.2 Å². The van der Waals surface area contributed by atoms with Crippen molar-refractivity contribution >= 4 is 17.6 Å². The Morgan fingerprint density at radius 1 is 0.968 bits per heavy atom. The van der Waals surface area contributed by atoms with Crippen LogP contribution in [-0.4, -0.2) is 36.6 Å². The van der Waals surface area contributed by atoms with Gasteiger partial charge in [-0.2, -0.15) is 0 Å². The molecule has 0 aliphatic carbocycles. The van der Waals surface area contributed by atoms with Gasteiger partial charge in [-0.15, -0.1) is 0 Å². The van der Waals surface area contributed by atoms with Crippen LogP contribution >= 0.6 is 0 Å². The van der Waals surface area contributed by atoms with Crippen LogP contribution < -0.4 is 20.9 Å². The Balaban J connectivity index is 1.61. The number of piperidine rings is 1. The molecule has 1 atom stereocenters. The number of benzene rings is 2. The van der Waals surface area contributed by atoms with Crippen molar-refractivity contribution in [2.24, 2.45) is 0 Å². The van der Waals surface area contributed by atoms with Crippen LogP contribution in [0.2, 0.25) is 0 Å². The van der Waals surface area contributed by atoms with E-state index in [2.05, 4.69) is 20.9 Å². The molecule has 6 heteroatoms. The molecule has 2 aromatic rings. The number of amides is 3. The third-order valence-electron chi connectivity index (χ3n) is 5.46. The van der Waals surface area contributed by atoms with Gasteiger partial charge in [-0.25, -0.2) is 4.79 Å². The zero-order chi connectivity index (χ0) is 22.4. The normalized spacial score (nSPS) is 15.8. The van der Waals surface area contributed by atoms with Gasteiger partial charge >= 0.3 is 6.03 Å². The van der Waals surface area contributed by atoms with Crippen LogP contribution in [-0.2, 0) is 0 Å². The molecule has 3 N–H and O–H groups in total. The van der Waals surface area contributed by atoms with Crippen LogP contribution in [0, 0.1) is 0 Å². The van der Waals surface area contributed by atoms with E-state index in [9.17, 15) is 9.59 Å². The number of nitrogens with one attached hydrogen (secondary N) is 3. The second kappa shape index (κ2) is 9.86. The molecule has 1 fully saturated rings. The van der Waals surface area contributed by atoms with E-state index in [4.69, 9.17) is 0 Å². The summed E-state index contributed by atoms with van der Waals surface area (Å²) < 4.78 is 0. The van der Waals surface area contributed by atoms with E-state index in [1.165, 1.54) is 0 Å². The maximum Gasteiger partial charge on any atom is 0.315 e. The molecule has 31 heavy (non-hydrogen) atoms. The number of carbonyl (C=O) groups excluding carboxylic acids is 2. The van der Waals surface area contributed by atoms with Gasteiger partial charge in [0.2, 0.25) is 0 Å². The van der Waals surface area contributed by atoms with Crippen molar-refractivity contribution in [2.45, 2.75) is 58.2 Å². The Labute approximate surface area is 185 Å². The molecule has 2 aromatic carbocycles. The molecule has 0 radical (unpaired) electrons. The van der Waals surface area contributed by atoms with Crippen LogP contribution in [0.1, 0.15) is 62.5 Å². The van der Waals surface area contributed by atoms with Crippen molar-refractivity contribution in [1.29, 1.82) is 0 Å². The fraction of sp³-hybridized carbons (Fsp3) is 0.440. The smallest absolute Gasteiger partial charge is 0.315 e. The largest absolute Gasteiger partial charge is 0.371 e. The predicted molar refractivity (Wildman–Crippen MR) is 125 cm³/mol. The van der Waals surface area contributed by atoms with Crippen LogP contribution in [0.3, 0.4) is 0 Å². The summed E-state index contributed by atoms with van der Waals surface area (Å²) in [7, 11) is 0. The zero-order valence-electron chi connectivity index (χ0n) is 18.9. The fourth-order valence-electron chi connectivity index (χ4n) is 3.87. The van der Waals surface area contributed by atoms with E-state index >= 15 is 0 Å². The van der Waals surface area contributed by atoms with Gasteiger partial charge in [0.25, 0.3) is 5.91 Å². The molecular formula is C25H34N4O2. The SMILES string of the molecule is C[C@H](NC(=O)c1ccccc1N1CCC(NC(=O)NC(C)(C)C)CC1)c1ccccc1. The molecule has 1 aliphatic heterocycles. The first-order valence-electron chi connectivity index (χ1n) is 11.0. The lowest BCUT2D eigenvalue weighted by atomic mass is 10.0. The highest BCUT2D eigenvalue weighted by molar-refractivity contribution is 6.00. The first-order valence-corrected chi connectivity index (χ1v) is 11.0. The Morgan fingerprint density at radius 3 is 2.23 bits per heavy atom. The van der Waals surface area contributed by atoms with Crippen LogP contribution in [0.4, 0.5) is 10.5 Å². The predicted octanol–water partition coefficient (Wildman–Crippen LogP) is 4.24. The quantitative estimate of drug-likeness (QED) is 0.675. The van der Waals surface area contributed by atoms with Gasteiger partial charge in [0, 0.05) is 30.4 Å². The number of carbonyl (C=O) groups is 2. The number of hydrogen-bond donors (Lipinski definition) is 3. The number of anilines is 1. The molecule has 1 heterocycles. The maximum atomic E-state index is 13.0. The number of hydrogen-bond acceptors (Lipinski definition) is 3. The average molecular weight is 423 g/mol. The Hall–Kier alpha value is -3.02. The first-order chi connectivity index (χ1) is 14.7. The molecule has 3 amide bonds. The van der Waals surface area contributed by atoms with E-state index < -0.39 is 0 Å². The van der Waals surface area contributed by atoms with Gasteiger partial charge in [-0.3, -0.25) is 4.79 Å². The lowest BCUT2D eigenvalue weighted by Crippen LogP contribution is -2.52. The van der Waals surface area contributed by atoms with Crippen molar-refractivity contribution in [2.75, 3.05) is 18.0 Å². The lowest BCUT2D eigenvalue weighted by Gasteiger charge is -2.35. The van der Waals surface area contributed by atoms with Gasteiger partial charge in [0.15, 0.2) is 0 Å². The van der Waals surface area contributed by atoms with Gasteiger partial charge in [0.05, 0.1) is 11.6 Å². The van der Waals surface area contributed by atoms with E-state index in [1.54, 1.807) is 0 Å². The first kappa shape index (κ1) is 22.7. The van der Waals surface area contributed by atoms with Crippen molar-refractivity contribution in [1.82, 2.24) is 16.0 Å². The van der Waals surface area contributed by atoms with Crippen molar-refractivity contribution in [3.63, 3.8) is 0 Å². The summed E-state index contributed by atoms with van der Waals surface area (Å²) in [6, 6.07) is 17.7. The van der Waals surface area contributed by atoms with Crippen LogP contribution in [0.15, 0.2) is 54.6 Å². The number of nitrogens with zero attached hydrogens (tertiary/aromatic N) is 1. The van der Waals surface area contributed by atoms with Gasteiger partial charge in [0.1, 0.15) is 0 Å². The number of rotatable bonds is 5. The molecule has 0 unspecified atom stereocenters. The minimum Gasteiger partial charge on any atom is -0.371 e. The fourth-order valence-corrected chi connectivity index (χ4v) is 3.87. The molecule has 166 valence electrons. The highest BCUT2D eigenvalue weighted by Gasteiger charge is 2.25.